The Labute approximate surface area is 136 Å². The Morgan fingerprint density at radius 2 is 1.75 bits per heavy atom. The molecule has 0 radical (unpaired) electrons. The average Bonchev–Trinajstić information content (AvgIpc) is 2.97. The average molecular weight is 315 g/mol. The van der Waals surface area contributed by atoms with Crippen LogP contribution in [0.25, 0.3) is 33.1 Å². The highest BCUT2D eigenvalue weighted by atomic mass is 19.1. The van der Waals surface area contributed by atoms with Crippen molar-refractivity contribution in [3.63, 3.8) is 0 Å². The topological polar surface area (TPSA) is 54.0 Å². The Morgan fingerprint density at radius 1 is 0.958 bits per heavy atom. The van der Waals surface area contributed by atoms with Crippen LogP contribution in [0.15, 0.2) is 59.0 Å². The molecular weight excluding hydrogens is 305 g/mol. The molecule has 3 aromatic carbocycles. The lowest BCUT2D eigenvalue weighted by atomic mass is 9.97. The lowest BCUT2D eigenvalue weighted by Crippen LogP contribution is -1.90. The van der Waals surface area contributed by atoms with E-state index < -0.39 is 5.82 Å². The number of hydrogen-bond acceptors (Lipinski definition) is 3. The van der Waals surface area contributed by atoms with E-state index in [4.69, 9.17) is 9.68 Å². The van der Waals surface area contributed by atoms with Crippen LogP contribution >= 0.6 is 0 Å². The SMILES string of the molecule is N#Cc1ccc2oc3cc(C=O)c(-c4ccccc4F)cc3c2c1. The lowest BCUT2D eigenvalue weighted by molar-refractivity contribution is 0.112. The van der Waals surface area contributed by atoms with Gasteiger partial charge in [0.05, 0.1) is 11.6 Å². The summed E-state index contributed by atoms with van der Waals surface area (Å²) in [7, 11) is 0. The number of fused-ring (bicyclic) bond motifs is 3. The number of hydrogen-bond donors (Lipinski definition) is 0. The molecule has 0 amide bonds. The second kappa shape index (κ2) is 5.32. The van der Waals surface area contributed by atoms with E-state index in [0.717, 1.165) is 10.8 Å². The van der Waals surface area contributed by atoms with Crippen molar-refractivity contribution >= 4 is 28.2 Å². The van der Waals surface area contributed by atoms with Gasteiger partial charge in [-0.2, -0.15) is 5.26 Å². The van der Waals surface area contributed by atoms with Gasteiger partial charge in [0.25, 0.3) is 0 Å². The summed E-state index contributed by atoms with van der Waals surface area (Å²) >= 11 is 0. The molecular formula is C20H10FNO2. The van der Waals surface area contributed by atoms with E-state index in [1.54, 1.807) is 48.5 Å². The highest BCUT2D eigenvalue weighted by Gasteiger charge is 2.15. The zero-order valence-corrected chi connectivity index (χ0v) is 12.4. The van der Waals surface area contributed by atoms with Crippen LogP contribution in [0.1, 0.15) is 15.9 Å². The second-order valence-corrected chi connectivity index (χ2v) is 5.46. The van der Waals surface area contributed by atoms with Crippen LogP contribution in [-0.2, 0) is 0 Å². The first-order valence-corrected chi connectivity index (χ1v) is 7.32. The summed E-state index contributed by atoms with van der Waals surface area (Å²) in [6, 6.07) is 16.9. The van der Waals surface area contributed by atoms with E-state index in [-0.39, 0.29) is 0 Å². The van der Waals surface area contributed by atoms with Crippen molar-refractivity contribution in [2.45, 2.75) is 0 Å². The number of nitrogens with zero attached hydrogens (tertiary/aromatic N) is 1. The zero-order valence-electron chi connectivity index (χ0n) is 12.4. The minimum Gasteiger partial charge on any atom is -0.456 e. The predicted molar refractivity (Wildman–Crippen MR) is 89.2 cm³/mol. The van der Waals surface area contributed by atoms with Crippen molar-refractivity contribution in [2.75, 3.05) is 0 Å². The van der Waals surface area contributed by atoms with Crippen LogP contribution in [0.2, 0.25) is 0 Å². The van der Waals surface area contributed by atoms with Crippen LogP contribution in [0.5, 0.6) is 0 Å². The summed E-state index contributed by atoms with van der Waals surface area (Å²) in [5.74, 6) is -0.398. The predicted octanol–water partition coefficient (Wildman–Crippen LogP) is 5.08. The Balaban J connectivity index is 2.10. The van der Waals surface area contributed by atoms with Crippen molar-refractivity contribution in [3.8, 4) is 17.2 Å². The quantitative estimate of drug-likeness (QED) is 0.485. The van der Waals surface area contributed by atoms with E-state index in [2.05, 4.69) is 6.07 Å². The third-order valence-electron chi connectivity index (χ3n) is 4.06. The monoisotopic (exact) mass is 315 g/mol. The zero-order chi connectivity index (χ0) is 16.7. The van der Waals surface area contributed by atoms with Gasteiger partial charge < -0.3 is 4.42 Å². The largest absolute Gasteiger partial charge is 0.456 e. The van der Waals surface area contributed by atoms with E-state index in [1.807, 2.05) is 0 Å². The molecule has 4 aromatic rings. The van der Waals surface area contributed by atoms with Crippen molar-refractivity contribution in [3.05, 3.63) is 71.5 Å². The molecule has 3 nitrogen and oxygen atoms in total. The van der Waals surface area contributed by atoms with Crippen LogP contribution in [0.4, 0.5) is 4.39 Å². The van der Waals surface area contributed by atoms with Crippen LogP contribution in [0, 0.1) is 17.1 Å². The maximum Gasteiger partial charge on any atom is 0.150 e. The van der Waals surface area contributed by atoms with E-state index in [1.165, 1.54) is 6.07 Å². The molecule has 4 rings (SSSR count). The molecule has 0 aliphatic rings. The van der Waals surface area contributed by atoms with Gasteiger partial charge in [0.1, 0.15) is 17.0 Å². The fraction of sp³-hybridized carbons (Fsp3) is 0. The highest BCUT2D eigenvalue weighted by Crippen LogP contribution is 2.35. The van der Waals surface area contributed by atoms with E-state index in [0.29, 0.717) is 39.7 Å². The standard InChI is InChI=1S/C20H10FNO2/c21-18-4-2-1-3-14(18)15-9-17-16-7-12(10-22)5-6-19(16)24-20(17)8-13(15)11-23/h1-9,11H. The molecule has 0 bridgehead atoms. The molecule has 0 unspecified atom stereocenters. The molecule has 1 heterocycles. The van der Waals surface area contributed by atoms with Gasteiger partial charge in [0.15, 0.2) is 6.29 Å². The molecule has 0 fully saturated rings. The number of benzene rings is 3. The summed E-state index contributed by atoms with van der Waals surface area (Å²) in [5, 5.41) is 10.6. The lowest BCUT2D eigenvalue weighted by Gasteiger charge is -2.06. The maximum atomic E-state index is 14.2. The van der Waals surface area contributed by atoms with Gasteiger partial charge in [-0.1, -0.05) is 18.2 Å². The Hall–Kier alpha value is -3.45. The van der Waals surface area contributed by atoms with E-state index in [9.17, 15) is 9.18 Å². The summed E-state index contributed by atoms with van der Waals surface area (Å²) < 4.78 is 19.9. The van der Waals surface area contributed by atoms with Crippen molar-refractivity contribution in [1.82, 2.24) is 0 Å². The van der Waals surface area contributed by atoms with Gasteiger partial charge in [-0.25, -0.2) is 4.39 Å². The molecule has 0 saturated carbocycles. The minimum absolute atomic E-state index is 0.354. The Bertz CT molecular complexity index is 1150. The van der Waals surface area contributed by atoms with Crippen LogP contribution in [-0.4, -0.2) is 6.29 Å². The first-order chi connectivity index (χ1) is 11.7. The van der Waals surface area contributed by atoms with Gasteiger partial charge in [0.2, 0.25) is 0 Å². The molecule has 0 spiro atoms. The number of nitriles is 1. The van der Waals surface area contributed by atoms with Crippen molar-refractivity contribution < 1.29 is 13.6 Å². The van der Waals surface area contributed by atoms with Crippen molar-refractivity contribution in [2.24, 2.45) is 0 Å². The third kappa shape index (κ3) is 2.07. The normalized spacial score (nSPS) is 10.8. The summed E-state index contributed by atoms with van der Waals surface area (Å²) in [4.78, 5) is 11.5. The number of halogens is 1. The molecule has 0 aliphatic heterocycles. The Kier molecular flexibility index (Phi) is 3.14. The number of carbonyl (C=O) groups is 1. The number of rotatable bonds is 2. The number of furan rings is 1. The first kappa shape index (κ1) is 14.2. The molecule has 0 aliphatic carbocycles. The highest BCUT2D eigenvalue weighted by molar-refractivity contribution is 6.09. The summed E-state index contributed by atoms with van der Waals surface area (Å²) in [6.45, 7) is 0. The van der Waals surface area contributed by atoms with Crippen molar-refractivity contribution in [1.29, 1.82) is 5.26 Å². The third-order valence-corrected chi connectivity index (χ3v) is 4.06. The molecule has 0 saturated heterocycles. The molecule has 0 atom stereocenters. The molecule has 114 valence electrons. The summed E-state index contributed by atoms with van der Waals surface area (Å²) in [6.07, 6.45) is 0.690. The van der Waals surface area contributed by atoms with Gasteiger partial charge in [-0.05, 0) is 42.0 Å². The van der Waals surface area contributed by atoms with Gasteiger partial charge in [-0.15, -0.1) is 0 Å². The minimum atomic E-state index is -0.398. The Morgan fingerprint density at radius 3 is 2.50 bits per heavy atom. The second-order valence-electron chi connectivity index (χ2n) is 5.46. The summed E-state index contributed by atoms with van der Waals surface area (Å²) in [5.41, 5.74) is 2.87. The van der Waals surface area contributed by atoms with Gasteiger partial charge in [-0.3, -0.25) is 4.79 Å². The maximum absolute atomic E-state index is 14.2. The number of carbonyl (C=O) groups excluding carboxylic acids is 1. The van der Waals surface area contributed by atoms with Crippen LogP contribution in [0.3, 0.4) is 0 Å². The smallest absolute Gasteiger partial charge is 0.150 e. The van der Waals surface area contributed by atoms with Gasteiger partial charge in [0, 0.05) is 21.9 Å². The molecule has 1 aromatic heterocycles. The first-order valence-electron chi connectivity index (χ1n) is 7.32. The number of aldehydes is 1. The fourth-order valence-electron chi connectivity index (χ4n) is 2.92. The van der Waals surface area contributed by atoms with Crippen LogP contribution < -0.4 is 0 Å². The fourth-order valence-corrected chi connectivity index (χ4v) is 2.92. The molecule has 24 heavy (non-hydrogen) atoms. The molecule has 0 N–H and O–H groups in total. The molecule has 4 heteroatoms. The van der Waals surface area contributed by atoms with Gasteiger partial charge >= 0.3 is 0 Å². The van der Waals surface area contributed by atoms with E-state index >= 15 is 0 Å².